The summed E-state index contributed by atoms with van der Waals surface area (Å²) >= 11 is 8.75. The molecule has 4 nitrogen and oxygen atoms in total. The highest BCUT2D eigenvalue weighted by Gasteiger charge is 2.21. The molecule has 0 atom stereocenters. The normalized spacial score (nSPS) is 14.0. The van der Waals surface area contributed by atoms with Crippen molar-refractivity contribution in [3.05, 3.63) is 53.0 Å². The highest BCUT2D eigenvalue weighted by molar-refractivity contribution is 9.10. The maximum Gasteiger partial charge on any atom is 0.227 e. The molecule has 3 rings (SSSR count). The molecule has 118 valence electrons. The van der Waals surface area contributed by atoms with Crippen molar-refractivity contribution in [2.24, 2.45) is 0 Å². The van der Waals surface area contributed by atoms with E-state index in [0.29, 0.717) is 11.5 Å². The Kier molecular flexibility index (Phi) is 4.93. The van der Waals surface area contributed by atoms with Gasteiger partial charge in [-0.15, -0.1) is 0 Å². The number of hydrogen-bond donors (Lipinski definition) is 2. The van der Waals surface area contributed by atoms with Crippen molar-refractivity contribution in [2.75, 3.05) is 22.1 Å². The van der Waals surface area contributed by atoms with E-state index in [9.17, 15) is 4.79 Å². The Balaban J connectivity index is 1.61. The SMILES string of the molecule is O=C1CCCN1c1ccc(NC(=S)Nc2cccc(Br)c2)cc1. The summed E-state index contributed by atoms with van der Waals surface area (Å²) in [4.78, 5) is 13.6. The lowest BCUT2D eigenvalue weighted by Gasteiger charge is -2.16. The molecule has 2 N–H and O–H groups in total. The third-order valence-corrected chi connectivity index (χ3v) is 4.29. The minimum Gasteiger partial charge on any atom is -0.332 e. The third kappa shape index (κ3) is 4.09. The second-order valence-corrected chi connectivity index (χ2v) is 6.61. The van der Waals surface area contributed by atoms with Gasteiger partial charge in [-0.05, 0) is 61.1 Å². The molecule has 0 spiro atoms. The summed E-state index contributed by atoms with van der Waals surface area (Å²) in [6, 6.07) is 15.5. The lowest BCUT2D eigenvalue weighted by molar-refractivity contribution is -0.117. The number of hydrogen-bond acceptors (Lipinski definition) is 2. The quantitative estimate of drug-likeness (QED) is 0.764. The van der Waals surface area contributed by atoms with Crippen LogP contribution >= 0.6 is 28.1 Å². The smallest absolute Gasteiger partial charge is 0.227 e. The fourth-order valence-electron chi connectivity index (χ4n) is 2.51. The van der Waals surface area contributed by atoms with Crippen molar-refractivity contribution < 1.29 is 4.79 Å². The van der Waals surface area contributed by atoms with Gasteiger partial charge in [-0.3, -0.25) is 4.79 Å². The van der Waals surface area contributed by atoms with Crippen LogP contribution in [-0.4, -0.2) is 17.6 Å². The van der Waals surface area contributed by atoms with E-state index in [4.69, 9.17) is 12.2 Å². The number of benzene rings is 2. The van der Waals surface area contributed by atoms with Gasteiger partial charge >= 0.3 is 0 Å². The lowest BCUT2D eigenvalue weighted by Crippen LogP contribution is -2.23. The van der Waals surface area contributed by atoms with Crippen molar-refractivity contribution in [1.82, 2.24) is 0 Å². The van der Waals surface area contributed by atoms with E-state index in [1.54, 1.807) is 0 Å². The fourth-order valence-corrected chi connectivity index (χ4v) is 3.14. The summed E-state index contributed by atoms with van der Waals surface area (Å²) in [7, 11) is 0. The van der Waals surface area contributed by atoms with E-state index >= 15 is 0 Å². The van der Waals surface area contributed by atoms with Crippen LogP contribution in [0.15, 0.2) is 53.0 Å². The number of amides is 1. The highest BCUT2D eigenvalue weighted by Crippen LogP contribution is 2.23. The van der Waals surface area contributed by atoms with Gasteiger partial charge in [-0.1, -0.05) is 22.0 Å². The van der Waals surface area contributed by atoms with E-state index in [2.05, 4.69) is 26.6 Å². The zero-order valence-electron chi connectivity index (χ0n) is 12.4. The van der Waals surface area contributed by atoms with Gasteiger partial charge < -0.3 is 15.5 Å². The zero-order valence-corrected chi connectivity index (χ0v) is 14.8. The van der Waals surface area contributed by atoms with Gasteiger partial charge in [0.25, 0.3) is 0 Å². The predicted octanol–water partition coefficient (Wildman–Crippen LogP) is 4.38. The van der Waals surface area contributed by atoms with Crippen molar-refractivity contribution in [1.29, 1.82) is 0 Å². The Bertz CT molecular complexity index is 733. The molecule has 1 fully saturated rings. The number of anilines is 3. The molecule has 2 aromatic carbocycles. The van der Waals surface area contributed by atoms with Gasteiger partial charge in [-0.25, -0.2) is 0 Å². The van der Waals surface area contributed by atoms with Gasteiger partial charge in [0.1, 0.15) is 0 Å². The molecule has 1 saturated heterocycles. The van der Waals surface area contributed by atoms with E-state index in [-0.39, 0.29) is 5.91 Å². The molecule has 0 saturated carbocycles. The Morgan fingerprint density at radius 1 is 1.09 bits per heavy atom. The van der Waals surface area contributed by atoms with Crippen molar-refractivity contribution in [3.8, 4) is 0 Å². The number of nitrogens with zero attached hydrogens (tertiary/aromatic N) is 1. The van der Waals surface area contributed by atoms with Crippen LogP contribution < -0.4 is 15.5 Å². The first-order valence-corrected chi connectivity index (χ1v) is 8.56. The van der Waals surface area contributed by atoms with Crippen molar-refractivity contribution in [3.63, 3.8) is 0 Å². The number of thiocarbonyl (C=S) groups is 1. The molecule has 1 amide bonds. The number of carbonyl (C=O) groups excluding carboxylic acids is 1. The van der Waals surface area contributed by atoms with E-state index in [0.717, 1.165) is 34.5 Å². The largest absolute Gasteiger partial charge is 0.332 e. The van der Waals surface area contributed by atoms with Gasteiger partial charge in [-0.2, -0.15) is 0 Å². The molecule has 0 radical (unpaired) electrons. The number of nitrogens with one attached hydrogen (secondary N) is 2. The molecule has 23 heavy (non-hydrogen) atoms. The van der Waals surface area contributed by atoms with Gasteiger partial charge in [0.15, 0.2) is 5.11 Å². The molecule has 2 aromatic rings. The number of carbonyl (C=O) groups is 1. The molecule has 6 heteroatoms. The predicted molar refractivity (Wildman–Crippen MR) is 102 cm³/mol. The molecular formula is C17H16BrN3OS. The fraction of sp³-hybridized carbons (Fsp3) is 0.176. The van der Waals surface area contributed by atoms with E-state index < -0.39 is 0 Å². The van der Waals surface area contributed by atoms with E-state index in [1.807, 2.05) is 53.4 Å². The Labute approximate surface area is 149 Å². The van der Waals surface area contributed by atoms with Crippen LogP contribution in [0.2, 0.25) is 0 Å². The average molecular weight is 390 g/mol. The lowest BCUT2D eigenvalue weighted by atomic mass is 10.2. The first-order valence-electron chi connectivity index (χ1n) is 7.36. The summed E-state index contributed by atoms with van der Waals surface area (Å²) in [5.41, 5.74) is 2.73. The molecule has 0 aromatic heterocycles. The maximum atomic E-state index is 11.7. The van der Waals surface area contributed by atoms with Gasteiger partial charge in [0.2, 0.25) is 5.91 Å². The van der Waals surface area contributed by atoms with Crippen LogP contribution in [0.3, 0.4) is 0 Å². The molecule has 1 aliphatic rings. The molecule has 0 bridgehead atoms. The maximum absolute atomic E-state index is 11.7. The van der Waals surface area contributed by atoms with Gasteiger partial charge in [0.05, 0.1) is 0 Å². The number of rotatable bonds is 3. The Hall–Kier alpha value is -1.92. The molecule has 1 heterocycles. The first kappa shape index (κ1) is 16.0. The minimum atomic E-state index is 0.192. The summed E-state index contributed by atoms with van der Waals surface area (Å²) < 4.78 is 0.991. The number of halogens is 1. The van der Waals surface area contributed by atoms with Crippen molar-refractivity contribution in [2.45, 2.75) is 12.8 Å². The van der Waals surface area contributed by atoms with Gasteiger partial charge in [0, 0.05) is 34.5 Å². The standard InChI is InChI=1S/C17H16BrN3OS/c18-12-3-1-4-14(11-12)20-17(23)19-13-6-8-15(9-7-13)21-10-2-5-16(21)22/h1,3-4,6-9,11H,2,5,10H2,(H2,19,20,23). The second kappa shape index (κ2) is 7.10. The molecule has 0 unspecified atom stereocenters. The van der Waals surface area contributed by atoms with Crippen LogP contribution in [-0.2, 0) is 4.79 Å². The third-order valence-electron chi connectivity index (χ3n) is 3.59. The Morgan fingerprint density at radius 2 is 1.83 bits per heavy atom. The minimum absolute atomic E-state index is 0.192. The van der Waals surface area contributed by atoms with Crippen LogP contribution in [0.5, 0.6) is 0 Å². The van der Waals surface area contributed by atoms with Crippen LogP contribution in [0.25, 0.3) is 0 Å². The first-order chi connectivity index (χ1) is 11.1. The molecule has 1 aliphatic heterocycles. The van der Waals surface area contributed by atoms with E-state index in [1.165, 1.54) is 0 Å². The summed E-state index contributed by atoms with van der Waals surface area (Å²) in [5, 5.41) is 6.80. The molecular weight excluding hydrogens is 374 g/mol. The summed E-state index contributed by atoms with van der Waals surface area (Å²) in [6.07, 6.45) is 1.57. The topological polar surface area (TPSA) is 44.4 Å². The van der Waals surface area contributed by atoms with Crippen molar-refractivity contribution >= 4 is 56.2 Å². The second-order valence-electron chi connectivity index (χ2n) is 5.29. The summed E-state index contributed by atoms with van der Waals surface area (Å²) in [5.74, 6) is 0.192. The zero-order chi connectivity index (χ0) is 16.2. The Morgan fingerprint density at radius 3 is 2.48 bits per heavy atom. The van der Waals surface area contributed by atoms with Crippen LogP contribution in [0.4, 0.5) is 17.1 Å². The van der Waals surface area contributed by atoms with Crippen LogP contribution in [0, 0.1) is 0 Å². The summed E-state index contributed by atoms with van der Waals surface area (Å²) in [6.45, 7) is 0.800. The molecule has 0 aliphatic carbocycles. The average Bonchev–Trinajstić information content (AvgIpc) is 2.94. The monoisotopic (exact) mass is 389 g/mol. The van der Waals surface area contributed by atoms with Crippen LogP contribution in [0.1, 0.15) is 12.8 Å². The highest BCUT2D eigenvalue weighted by atomic mass is 79.9.